The molecule has 7 nitrogen and oxygen atoms in total. The van der Waals surface area contributed by atoms with Crippen LogP contribution in [0.5, 0.6) is 0 Å². The number of aromatic nitrogens is 1. The number of amides is 1. The van der Waals surface area contributed by atoms with Gasteiger partial charge < -0.3 is 19.3 Å². The quantitative estimate of drug-likeness (QED) is 0.485. The second kappa shape index (κ2) is 7.53. The molecule has 0 spiro atoms. The molecule has 3 rings (SSSR count). The lowest BCUT2D eigenvalue weighted by molar-refractivity contribution is -0.140. The van der Waals surface area contributed by atoms with E-state index in [1.807, 2.05) is 19.0 Å². The average molecular weight is 355 g/mol. The highest BCUT2D eigenvalue weighted by molar-refractivity contribution is 6.46. The highest BCUT2D eigenvalue weighted by Crippen LogP contribution is 2.39. The molecule has 136 valence electrons. The maximum atomic E-state index is 12.7. The van der Waals surface area contributed by atoms with Crippen LogP contribution in [0.15, 0.2) is 52.9 Å². The number of hydrogen-bond donors (Lipinski definition) is 1. The summed E-state index contributed by atoms with van der Waals surface area (Å²) in [5.74, 6) is -1.10. The van der Waals surface area contributed by atoms with Crippen molar-refractivity contribution < 1.29 is 19.1 Å². The summed E-state index contributed by atoms with van der Waals surface area (Å²) in [5.41, 5.74) is 0.476. The van der Waals surface area contributed by atoms with Gasteiger partial charge >= 0.3 is 0 Å². The third kappa shape index (κ3) is 3.39. The molecular formula is C19H21N3O4. The standard InChI is InChI=1S/C19H21N3O4/c1-21(2)10-4-11-22-16(14-5-3-12-26-14)15(18(24)19(22)25)17(23)13-6-8-20-9-7-13/h3,5-9,12,16,23H,4,10-11H2,1-2H3/b17-15+. The Bertz CT molecular complexity index is 813. The zero-order valence-corrected chi connectivity index (χ0v) is 14.8. The summed E-state index contributed by atoms with van der Waals surface area (Å²) in [6.07, 6.45) is 5.22. The topological polar surface area (TPSA) is 86.9 Å². The van der Waals surface area contributed by atoms with Gasteiger partial charge in [-0.1, -0.05) is 0 Å². The number of carbonyl (C=O) groups excluding carboxylic acids is 2. The third-order valence-electron chi connectivity index (χ3n) is 4.31. The van der Waals surface area contributed by atoms with Crippen LogP contribution in [-0.2, 0) is 9.59 Å². The van der Waals surface area contributed by atoms with Gasteiger partial charge in [-0.3, -0.25) is 14.6 Å². The van der Waals surface area contributed by atoms with Crippen LogP contribution >= 0.6 is 0 Å². The Balaban J connectivity index is 2.02. The van der Waals surface area contributed by atoms with Gasteiger partial charge in [0.15, 0.2) is 0 Å². The molecule has 26 heavy (non-hydrogen) atoms. The molecule has 1 N–H and O–H groups in total. The lowest BCUT2D eigenvalue weighted by Crippen LogP contribution is -2.32. The van der Waals surface area contributed by atoms with E-state index < -0.39 is 17.7 Å². The van der Waals surface area contributed by atoms with Gasteiger partial charge in [-0.25, -0.2) is 0 Å². The van der Waals surface area contributed by atoms with Gasteiger partial charge in [0, 0.05) is 24.5 Å². The van der Waals surface area contributed by atoms with Crippen molar-refractivity contribution >= 4 is 17.4 Å². The van der Waals surface area contributed by atoms with E-state index in [2.05, 4.69) is 4.98 Å². The molecular weight excluding hydrogens is 334 g/mol. The number of hydrogen-bond acceptors (Lipinski definition) is 6. The molecule has 2 aromatic heterocycles. The summed E-state index contributed by atoms with van der Waals surface area (Å²) in [4.78, 5) is 32.6. The molecule has 2 aromatic rings. The lowest BCUT2D eigenvalue weighted by atomic mass is 10.00. The van der Waals surface area contributed by atoms with Crippen molar-refractivity contribution in [3.63, 3.8) is 0 Å². The minimum atomic E-state index is -0.736. The molecule has 0 aliphatic carbocycles. The van der Waals surface area contributed by atoms with E-state index in [0.717, 1.165) is 6.54 Å². The minimum Gasteiger partial charge on any atom is -0.507 e. The van der Waals surface area contributed by atoms with Crippen LogP contribution in [0.3, 0.4) is 0 Å². The molecule has 3 heterocycles. The highest BCUT2D eigenvalue weighted by Gasteiger charge is 2.47. The molecule has 1 amide bonds. The average Bonchev–Trinajstić information content (AvgIpc) is 3.24. The van der Waals surface area contributed by atoms with Crippen molar-refractivity contribution in [2.45, 2.75) is 12.5 Å². The number of aliphatic hydroxyl groups excluding tert-OH is 1. The van der Waals surface area contributed by atoms with E-state index in [0.29, 0.717) is 24.3 Å². The summed E-state index contributed by atoms with van der Waals surface area (Å²) in [6, 6.07) is 5.85. The number of carbonyl (C=O) groups is 2. The summed E-state index contributed by atoms with van der Waals surface area (Å²) < 4.78 is 5.47. The first-order chi connectivity index (χ1) is 12.5. The number of rotatable bonds is 6. The van der Waals surface area contributed by atoms with E-state index >= 15 is 0 Å². The van der Waals surface area contributed by atoms with Crippen molar-refractivity contribution in [1.82, 2.24) is 14.8 Å². The van der Waals surface area contributed by atoms with Crippen molar-refractivity contribution in [2.24, 2.45) is 0 Å². The maximum absolute atomic E-state index is 12.7. The van der Waals surface area contributed by atoms with Crippen LogP contribution in [0.1, 0.15) is 23.8 Å². The fourth-order valence-corrected chi connectivity index (χ4v) is 3.08. The van der Waals surface area contributed by atoms with Gasteiger partial charge in [-0.15, -0.1) is 0 Å². The van der Waals surface area contributed by atoms with E-state index in [9.17, 15) is 14.7 Å². The van der Waals surface area contributed by atoms with Crippen LogP contribution in [0, 0.1) is 0 Å². The molecule has 0 bridgehead atoms. The molecule has 1 fully saturated rings. The molecule has 7 heteroatoms. The molecule has 1 saturated heterocycles. The van der Waals surface area contributed by atoms with Gasteiger partial charge in [0.2, 0.25) is 0 Å². The van der Waals surface area contributed by atoms with Gasteiger partial charge in [0.25, 0.3) is 11.7 Å². The zero-order valence-electron chi connectivity index (χ0n) is 14.8. The zero-order chi connectivity index (χ0) is 18.7. The Labute approximate surface area is 151 Å². The molecule has 1 aliphatic heterocycles. The minimum absolute atomic E-state index is 0.0426. The Morgan fingerprint density at radius 2 is 2.00 bits per heavy atom. The smallest absolute Gasteiger partial charge is 0.295 e. The summed E-state index contributed by atoms with van der Waals surface area (Å²) >= 11 is 0. The number of pyridine rings is 1. The number of Topliss-reactive ketones (excluding diaryl/α,β-unsaturated/α-hetero) is 1. The van der Waals surface area contributed by atoms with Crippen molar-refractivity contribution in [1.29, 1.82) is 0 Å². The predicted octanol–water partition coefficient (Wildman–Crippen LogP) is 2.05. The Morgan fingerprint density at radius 1 is 1.27 bits per heavy atom. The third-order valence-corrected chi connectivity index (χ3v) is 4.31. The fourth-order valence-electron chi connectivity index (χ4n) is 3.08. The van der Waals surface area contributed by atoms with Crippen molar-refractivity contribution in [3.05, 3.63) is 59.8 Å². The van der Waals surface area contributed by atoms with Crippen molar-refractivity contribution in [2.75, 3.05) is 27.2 Å². The van der Waals surface area contributed by atoms with E-state index in [4.69, 9.17) is 4.42 Å². The van der Waals surface area contributed by atoms with Gasteiger partial charge in [-0.2, -0.15) is 0 Å². The number of likely N-dealkylation sites (tertiary alicyclic amines) is 1. The van der Waals surface area contributed by atoms with Gasteiger partial charge in [0.05, 0.1) is 11.8 Å². The van der Waals surface area contributed by atoms with E-state index in [-0.39, 0.29) is 11.3 Å². The largest absolute Gasteiger partial charge is 0.507 e. The Morgan fingerprint density at radius 3 is 2.62 bits per heavy atom. The van der Waals surface area contributed by atoms with Crippen LogP contribution in [-0.4, -0.2) is 58.8 Å². The van der Waals surface area contributed by atoms with Crippen LogP contribution in [0.4, 0.5) is 0 Å². The predicted molar refractivity (Wildman–Crippen MR) is 95.1 cm³/mol. The maximum Gasteiger partial charge on any atom is 0.295 e. The molecule has 1 atom stereocenters. The molecule has 0 radical (unpaired) electrons. The summed E-state index contributed by atoms with van der Waals surface area (Å²) in [7, 11) is 3.89. The molecule has 0 aromatic carbocycles. The normalized spacial score (nSPS) is 19.5. The SMILES string of the molecule is CN(C)CCCN1C(=O)C(=O)/C(=C(/O)c2ccncc2)C1c1ccco1. The number of nitrogens with zero attached hydrogens (tertiary/aromatic N) is 3. The first kappa shape index (κ1) is 17.9. The fraction of sp³-hybridized carbons (Fsp3) is 0.316. The second-order valence-corrected chi connectivity index (χ2v) is 6.40. The summed E-state index contributed by atoms with van der Waals surface area (Å²) in [6.45, 7) is 1.17. The van der Waals surface area contributed by atoms with Gasteiger partial charge in [0.1, 0.15) is 17.6 Å². The Hall–Kier alpha value is -2.93. The van der Waals surface area contributed by atoms with Crippen molar-refractivity contribution in [3.8, 4) is 0 Å². The number of ketones is 1. The molecule has 1 aliphatic rings. The number of furan rings is 1. The van der Waals surface area contributed by atoms with Crippen LogP contribution in [0.2, 0.25) is 0 Å². The molecule has 0 saturated carbocycles. The molecule has 1 unspecified atom stereocenters. The first-order valence-corrected chi connectivity index (χ1v) is 8.37. The van der Waals surface area contributed by atoms with E-state index in [1.165, 1.54) is 23.6 Å². The van der Waals surface area contributed by atoms with Crippen LogP contribution < -0.4 is 0 Å². The lowest BCUT2D eigenvalue weighted by Gasteiger charge is -2.23. The van der Waals surface area contributed by atoms with Gasteiger partial charge in [-0.05, 0) is 51.3 Å². The first-order valence-electron chi connectivity index (χ1n) is 8.37. The second-order valence-electron chi connectivity index (χ2n) is 6.40. The Kier molecular flexibility index (Phi) is 5.18. The summed E-state index contributed by atoms with van der Waals surface area (Å²) in [5, 5.41) is 10.7. The van der Waals surface area contributed by atoms with E-state index in [1.54, 1.807) is 24.3 Å². The number of aliphatic hydroxyl groups is 1. The highest BCUT2D eigenvalue weighted by atomic mass is 16.3. The monoisotopic (exact) mass is 355 g/mol. The van der Waals surface area contributed by atoms with Crippen LogP contribution in [0.25, 0.3) is 5.76 Å².